The van der Waals surface area contributed by atoms with Crippen molar-refractivity contribution >= 4 is 17.3 Å². The third kappa shape index (κ3) is 3.76. The molecule has 0 spiro atoms. The van der Waals surface area contributed by atoms with Crippen molar-refractivity contribution in [3.05, 3.63) is 53.3 Å². The Bertz CT molecular complexity index is 563. The molecule has 100 valence electrons. The molecular formula is C14H13ClFNO2. The second-order valence-corrected chi connectivity index (χ2v) is 4.22. The van der Waals surface area contributed by atoms with Crippen molar-refractivity contribution in [3.8, 4) is 11.5 Å². The zero-order valence-corrected chi connectivity index (χ0v) is 10.9. The second-order valence-electron chi connectivity index (χ2n) is 3.81. The summed E-state index contributed by atoms with van der Waals surface area (Å²) in [4.78, 5) is 0. The maximum atomic E-state index is 12.9. The molecule has 2 N–H and O–H groups in total. The van der Waals surface area contributed by atoms with Gasteiger partial charge in [-0.1, -0.05) is 23.7 Å². The van der Waals surface area contributed by atoms with Crippen LogP contribution in [0, 0.1) is 5.82 Å². The first-order valence-electron chi connectivity index (χ1n) is 5.72. The predicted molar refractivity (Wildman–Crippen MR) is 73.3 cm³/mol. The van der Waals surface area contributed by atoms with Crippen molar-refractivity contribution in [1.29, 1.82) is 0 Å². The molecule has 0 fully saturated rings. The Morgan fingerprint density at radius 2 is 1.79 bits per heavy atom. The number of nitrogens with two attached hydrogens (primary N) is 1. The number of halogens is 2. The van der Waals surface area contributed by atoms with Gasteiger partial charge in [-0.15, -0.1) is 0 Å². The standard InChI is InChI=1S/C14H13ClFNO2/c15-11-9-10(5-6-12(11)16)18-7-8-19-14-4-2-1-3-13(14)17/h1-6,9H,7-8,17H2. The quantitative estimate of drug-likeness (QED) is 0.674. The number of hydrogen-bond donors (Lipinski definition) is 1. The van der Waals surface area contributed by atoms with Crippen LogP contribution in [-0.4, -0.2) is 13.2 Å². The van der Waals surface area contributed by atoms with E-state index in [1.807, 2.05) is 12.1 Å². The van der Waals surface area contributed by atoms with Gasteiger partial charge in [0.2, 0.25) is 0 Å². The summed E-state index contributed by atoms with van der Waals surface area (Å²) in [5.74, 6) is 0.640. The minimum absolute atomic E-state index is 0.0331. The minimum atomic E-state index is -0.470. The third-order valence-electron chi connectivity index (χ3n) is 2.42. The van der Waals surface area contributed by atoms with E-state index in [4.69, 9.17) is 26.8 Å². The summed E-state index contributed by atoms with van der Waals surface area (Å²) in [6.07, 6.45) is 0. The summed E-state index contributed by atoms with van der Waals surface area (Å²) in [6, 6.07) is 11.4. The highest BCUT2D eigenvalue weighted by atomic mass is 35.5. The normalized spacial score (nSPS) is 10.2. The molecule has 0 heterocycles. The number of anilines is 1. The van der Waals surface area contributed by atoms with E-state index in [-0.39, 0.29) is 5.02 Å². The topological polar surface area (TPSA) is 44.5 Å². The maximum absolute atomic E-state index is 12.9. The molecule has 0 saturated carbocycles. The molecule has 3 nitrogen and oxygen atoms in total. The number of nitrogen functional groups attached to an aromatic ring is 1. The first-order valence-corrected chi connectivity index (χ1v) is 6.10. The van der Waals surface area contributed by atoms with Crippen LogP contribution in [0.4, 0.5) is 10.1 Å². The number of para-hydroxylation sites is 2. The van der Waals surface area contributed by atoms with Crippen molar-refractivity contribution in [1.82, 2.24) is 0 Å². The average Bonchev–Trinajstić information content (AvgIpc) is 2.40. The van der Waals surface area contributed by atoms with Gasteiger partial charge in [0.15, 0.2) is 0 Å². The zero-order valence-electron chi connectivity index (χ0n) is 10.1. The first kappa shape index (κ1) is 13.5. The summed E-state index contributed by atoms with van der Waals surface area (Å²) < 4.78 is 23.8. The fourth-order valence-electron chi connectivity index (χ4n) is 1.49. The fraction of sp³-hybridized carbons (Fsp3) is 0.143. The molecule has 19 heavy (non-hydrogen) atoms. The Balaban J connectivity index is 1.81. The van der Waals surface area contributed by atoms with Crippen molar-refractivity contribution < 1.29 is 13.9 Å². The van der Waals surface area contributed by atoms with Crippen molar-refractivity contribution in [2.24, 2.45) is 0 Å². The molecule has 0 aliphatic carbocycles. The first-order chi connectivity index (χ1) is 9.16. The van der Waals surface area contributed by atoms with E-state index in [0.717, 1.165) is 0 Å². The van der Waals surface area contributed by atoms with Gasteiger partial charge in [-0.05, 0) is 24.3 Å². The largest absolute Gasteiger partial charge is 0.490 e. The smallest absolute Gasteiger partial charge is 0.142 e. The highest BCUT2D eigenvalue weighted by Crippen LogP contribution is 2.22. The van der Waals surface area contributed by atoms with Gasteiger partial charge in [0.25, 0.3) is 0 Å². The average molecular weight is 282 g/mol. The van der Waals surface area contributed by atoms with Gasteiger partial charge in [0.05, 0.1) is 10.7 Å². The van der Waals surface area contributed by atoms with Gasteiger partial charge in [-0.25, -0.2) is 4.39 Å². The van der Waals surface area contributed by atoms with Crippen LogP contribution in [0.5, 0.6) is 11.5 Å². The molecule has 0 atom stereocenters. The molecule has 0 unspecified atom stereocenters. The minimum Gasteiger partial charge on any atom is -0.490 e. The van der Waals surface area contributed by atoms with Crippen LogP contribution in [0.3, 0.4) is 0 Å². The lowest BCUT2D eigenvalue weighted by Crippen LogP contribution is -2.09. The summed E-state index contributed by atoms with van der Waals surface area (Å²) in [6.45, 7) is 0.652. The van der Waals surface area contributed by atoms with Crippen LogP contribution in [0.25, 0.3) is 0 Å². The Hall–Kier alpha value is -1.94. The van der Waals surface area contributed by atoms with E-state index in [2.05, 4.69) is 0 Å². The number of rotatable bonds is 5. The van der Waals surface area contributed by atoms with Crippen LogP contribution in [-0.2, 0) is 0 Å². The molecule has 2 rings (SSSR count). The van der Waals surface area contributed by atoms with Crippen LogP contribution in [0.15, 0.2) is 42.5 Å². The molecular weight excluding hydrogens is 269 g/mol. The Labute approximate surface area is 115 Å². The molecule has 2 aromatic carbocycles. The summed E-state index contributed by atoms with van der Waals surface area (Å²) in [7, 11) is 0. The molecule has 0 saturated heterocycles. The van der Waals surface area contributed by atoms with Gasteiger partial charge >= 0.3 is 0 Å². The van der Waals surface area contributed by atoms with Crippen LogP contribution < -0.4 is 15.2 Å². The molecule has 0 aliphatic rings. The second kappa shape index (κ2) is 6.29. The lowest BCUT2D eigenvalue weighted by Gasteiger charge is -2.10. The maximum Gasteiger partial charge on any atom is 0.142 e. The van der Waals surface area contributed by atoms with Gasteiger partial charge in [-0.3, -0.25) is 0 Å². The molecule has 2 aromatic rings. The molecule has 5 heteroatoms. The van der Waals surface area contributed by atoms with Crippen molar-refractivity contribution in [2.75, 3.05) is 18.9 Å². The zero-order chi connectivity index (χ0) is 13.7. The highest BCUT2D eigenvalue weighted by molar-refractivity contribution is 6.30. The Morgan fingerprint density at radius 1 is 1.05 bits per heavy atom. The summed E-state index contributed by atoms with van der Waals surface area (Å²) >= 11 is 5.64. The van der Waals surface area contributed by atoms with Crippen LogP contribution in [0.1, 0.15) is 0 Å². The Kier molecular flexibility index (Phi) is 4.47. The van der Waals surface area contributed by atoms with Crippen molar-refractivity contribution in [3.63, 3.8) is 0 Å². The lowest BCUT2D eigenvalue weighted by molar-refractivity contribution is 0.218. The molecule has 0 radical (unpaired) electrons. The Morgan fingerprint density at radius 3 is 2.53 bits per heavy atom. The van der Waals surface area contributed by atoms with E-state index in [1.165, 1.54) is 18.2 Å². The SMILES string of the molecule is Nc1ccccc1OCCOc1ccc(F)c(Cl)c1. The van der Waals surface area contributed by atoms with Gasteiger partial charge in [-0.2, -0.15) is 0 Å². The highest BCUT2D eigenvalue weighted by Gasteiger charge is 2.02. The number of benzene rings is 2. The molecule has 0 bridgehead atoms. The van der Waals surface area contributed by atoms with E-state index in [1.54, 1.807) is 12.1 Å². The predicted octanol–water partition coefficient (Wildman–Crippen LogP) is 3.52. The van der Waals surface area contributed by atoms with Crippen molar-refractivity contribution in [2.45, 2.75) is 0 Å². The summed E-state index contributed by atoms with van der Waals surface area (Å²) in [5, 5.41) is 0.0331. The molecule has 0 amide bonds. The van der Waals surface area contributed by atoms with Gasteiger partial charge in [0, 0.05) is 6.07 Å². The monoisotopic (exact) mass is 281 g/mol. The lowest BCUT2D eigenvalue weighted by atomic mass is 10.3. The van der Waals surface area contributed by atoms with Gasteiger partial charge < -0.3 is 15.2 Å². The van der Waals surface area contributed by atoms with E-state index < -0.39 is 5.82 Å². The van der Waals surface area contributed by atoms with Gasteiger partial charge in [0.1, 0.15) is 30.5 Å². The fourth-order valence-corrected chi connectivity index (χ4v) is 1.66. The van der Waals surface area contributed by atoms with Crippen LogP contribution >= 0.6 is 11.6 Å². The molecule has 0 aromatic heterocycles. The van der Waals surface area contributed by atoms with E-state index in [0.29, 0.717) is 30.4 Å². The summed E-state index contributed by atoms with van der Waals surface area (Å²) in [5.41, 5.74) is 6.30. The molecule has 0 aliphatic heterocycles. The number of ether oxygens (including phenoxy) is 2. The number of hydrogen-bond acceptors (Lipinski definition) is 3. The van der Waals surface area contributed by atoms with Crippen LogP contribution in [0.2, 0.25) is 5.02 Å². The van der Waals surface area contributed by atoms with E-state index >= 15 is 0 Å². The third-order valence-corrected chi connectivity index (χ3v) is 2.71. The van der Waals surface area contributed by atoms with E-state index in [9.17, 15) is 4.39 Å².